The van der Waals surface area contributed by atoms with Crippen molar-refractivity contribution in [3.63, 3.8) is 0 Å². The molecule has 3 aliphatic rings. The fraction of sp³-hybridized carbons (Fsp3) is 0.550. The van der Waals surface area contributed by atoms with Crippen LogP contribution in [0.25, 0.3) is 0 Å². The van der Waals surface area contributed by atoms with Gasteiger partial charge in [0.25, 0.3) is 0 Å². The highest BCUT2D eigenvalue weighted by molar-refractivity contribution is 6.09. The van der Waals surface area contributed by atoms with Crippen molar-refractivity contribution in [3.8, 4) is 0 Å². The van der Waals surface area contributed by atoms with E-state index in [0.717, 1.165) is 5.57 Å². The summed E-state index contributed by atoms with van der Waals surface area (Å²) >= 11 is 0. The Hall–Kier alpha value is -2.17. The molecule has 0 radical (unpaired) electrons. The molecule has 3 rings (SSSR count). The SMILES string of the molecule is CC=C(C)C(=O)OC1CC(C)=C2C(=O)C=CC2(C)C2OC(=O)C(C)C12. The lowest BCUT2D eigenvalue weighted by Gasteiger charge is -2.34. The second kappa shape index (κ2) is 5.97. The van der Waals surface area contributed by atoms with Crippen LogP contribution in [-0.4, -0.2) is 29.9 Å². The summed E-state index contributed by atoms with van der Waals surface area (Å²) in [5.41, 5.74) is 1.42. The molecule has 25 heavy (non-hydrogen) atoms. The molecule has 0 aromatic rings. The molecule has 0 aromatic carbocycles. The van der Waals surface area contributed by atoms with Gasteiger partial charge < -0.3 is 9.47 Å². The second-order valence-corrected chi connectivity index (χ2v) is 7.48. The molecule has 5 atom stereocenters. The minimum Gasteiger partial charge on any atom is -0.460 e. The molecule has 1 heterocycles. The molecule has 2 aliphatic carbocycles. The fourth-order valence-electron chi connectivity index (χ4n) is 4.37. The molecule has 1 fully saturated rings. The highest BCUT2D eigenvalue weighted by atomic mass is 16.6. The third-order valence-corrected chi connectivity index (χ3v) is 5.88. The van der Waals surface area contributed by atoms with E-state index in [1.165, 1.54) is 0 Å². The lowest BCUT2D eigenvalue weighted by molar-refractivity contribution is -0.149. The van der Waals surface area contributed by atoms with Gasteiger partial charge >= 0.3 is 11.9 Å². The molecule has 0 bridgehead atoms. The van der Waals surface area contributed by atoms with Gasteiger partial charge in [0, 0.05) is 23.5 Å². The van der Waals surface area contributed by atoms with Crippen LogP contribution < -0.4 is 0 Å². The molecule has 1 saturated heterocycles. The summed E-state index contributed by atoms with van der Waals surface area (Å²) < 4.78 is 11.5. The van der Waals surface area contributed by atoms with Crippen molar-refractivity contribution in [2.75, 3.05) is 0 Å². The van der Waals surface area contributed by atoms with Gasteiger partial charge in [-0.3, -0.25) is 9.59 Å². The van der Waals surface area contributed by atoms with Crippen molar-refractivity contribution in [1.29, 1.82) is 0 Å². The van der Waals surface area contributed by atoms with Crippen LogP contribution in [0.15, 0.2) is 34.9 Å². The molecule has 0 spiro atoms. The maximum Gasteiger partial charge on any atom is 0.333 e. The zero-order chi connectivity index (χ0) is 18.5. The van der Waals surface area contributed by atoms with Crippen LogP contribution in [0.3, 0.4) is 0 Å². The summed E-state index contributed by atoms with van der Waals surface area (Å²) in [6, 6.07) is 0. The third-order valence-electron chi connectivity index (χ3n) is 5.88. The standard InChI is InChI=1S/C20H24O5/c1-6-10(2)18(22)24-14-9-11(3)16-13(21)7-8-20(16,5)17-15(14)12(4)19(23)25-17/h6-8,12,14-15,17H,9H2,1-5H3. The van der Waals surface area contributed by atoms with Gasteiger partial charge in [-0.2, -0.15) is 0 Å². The van der Waals surface area contributed by atoms with Gasteiger partial charge in [0.15, 0.2) is 5.78 Å². The van der Waals surface area contributed by atoms with Crippen molar-refractivity contribution in [3.05, 3.63) is 34.9 Å². The maximum atomic E-state index is 12.4. The number of carbonyl (C=O) groups is 3. The first-order valence-electron chi connectivity index (χ1n) is 8.69. The van der Waals surface area contributed by atoms with Crippen molar-refractivity contribution in [1.82, 2.24) is 0 Å². The average Bonchev–Trinajstić information content (AvgIpc) is 3.01. The van der Waals surface area contributed by atoms with Crippen molar-refractivity contribution in [2.45, 2.75) is 53.2 Å². The Kier molecular flexibility index (Phi) is 4.21. The number of hydrogen-bond acceptors (Lipinski definition) is 5. The van der Waals surface area contributed by atoms with Crippen molar-refractivity contribution >= 4 is 17.7 Å². The lowest BCUT2D eigenvalue weighted by Crippen LogP contribution is -2.41. The molecular formula is C20H24O5. The first-order chi connectivity index (χ1) is 11.7. The predicted octanol–water partition coefficient (Wildman–Crippen LogP) is 2.91. The van der Waals surface area contributed by atoms with E-state index in [0.29, 0.717) is 17.6 Å². The normalized spacial score (nSPS) is 37.6. The number of ether oxygens (including phenoxy) is 2. The van der Waals surface area contributed by atoms with E-state index < -0.39 is 23.6 Å². The quantitative estimate of drug-likeness (QED) is 0.569. The Labute approximate surface area is 147 Å². The number of allylic oxidation sites excluding steroid dienone is 2. The molecule has 0 aromatic heterocycles. The van der Waals surface area contributed by atoms with E-state index >= 15 is 0 Å². The molecule has 0 saturated carbocycles. The van der Waals surface area contributed by atoms with E-state index in [1.807, 2.05) is 19.9 Å². The zero-order valence-electron chi connectivity index (χ0n) is 15.3. The van der Waals surface area contributed by atoms with Gasteiger partial charge in [-0.1, -0.05) is 24.6 Å². The van der Waals surface area contributed by atoms with Crippen LogP contribution >= 0.6 is 0 Å². The van der Waals surface area contributed by atoms with Crippen LogP contribution in [0.1, 0.15) is 41.0 Å². The van der Waals surface area contributed by atoms with Crippen LogP contribution in [0.5, 0.6) is 0 Å². The Bertz CT molecular complexity index is 741. The minimum atomic E-state index is -0.664. The number of fused-ring (bicyclic) bond motifs is 3. The highest BCUT2D eigenvalue weighted by Gasteiger charge is 2.59. The van der Waals surface area contributed by atoms with Gasteiger partial charge in [0.05, 0.1) is 11.3 Å². The smallest absolute Gasteiger partial charge is 0.333 e. The monoisotopic (exact) mass is 344 g/mol. The third kappa shape index (κ3) is 2.57. The largest absolute Gasteiger partial charge is 0.460 e. The molecule has 134 valence electrons. The minimum absolute atomic E-state index is 0.0500. The van der Waals surface area contributed by atoms with E-state index in [-0.39, 0.29) is 23.6 Å². The van der Waals surface area contributed by atoms with E-state index in [4.69, 9.17) is 9.47 Å². The van der Waals surface area contributed by atoms with Crippen LogP contribution in [-0.2, 0) is 23.9 Å². The molecule has 5 nitrogen and oxygen atoms in total. The van der Waals surface area contributed by atoms with Gasteiger partial charge in [-0.25, -0.2) is 4.79 Å². The summed E-state index contributed by atoms with van der Waals surface area (Å²) in [7, 11) is 0. The van der Waals surface area contributed by atoms with Gasteiger partial charge in [0.1, 0.15) is 12.2 Å². The Morgan fingerprint density at radius 1 is 1.40 bits per heavy atom. The lowest BCUT2D eigenvalue weighted by atomic mass is 9.72. The predicted molar refractivity (Wildman–Crippen MR) is 91.4 cm³/mol. The van der Waals surface area contributed by atoms with Crippen molar-refractivity contribution < 1.29 is 23.9 Å². The van der Waals surface area contributed by atoms with E-state index in [9.17, 15) is 14.4 Å². The van der Waals surface area contributed by atoms with Gasteiger partial charge in [0.2, 0.25) is 0 Å². The summed E-state index contributed by atoms with van der Waals surface area (Å²) in [6.45, 7) is 9.11. The molecule has 0 amide bonds. The zero-order valence-corrected chi connectivity index (χ0v) is 15.3. The molecular weight excluding hydrogens is 320 g/mol. The Morgan fingerprint density at radius 3 is 2.72 bits per heavy atom. The Morgan fingerprint density at radius 2 is 2.08 bits per heavy atom. The molecule has 0 N–H and O–H groups in total. The summed E-state index contributed by atoms with van der Waals surface area (Å²) in [5.74, 6) is -1.41. The maximum absolute atomic E-state index is 12.4. The molecule has 1 aliphatic heterocycles. The fourth-order valence-corrected chi connectivity index (χ4v) is 4.37. The number of rotatable bonds is 2. The van der Waals surface area contributed by atoms with Crippen LogP contribution in [0, 0.1) is 17.3 Å². The second-order valence-electron chi connectivity index (χ2n) is 7.48. The number of esters is 2. The molecule has 5 heteroatoms. The summed E-state index contributed by atoms with van der Waals surface area (Å²) in [5, 5.41) is 0. The van der Waals surface area contributed by atoms with E-state index in [1.54, 1.807) is 32.9 Å². The summed E-state index contributed by atoms with van der Waals surface area (Å²) in [4.78, 5) is 37.0. The Balaban J connectivity index is 2.05. The first-order valence-corrected chi connectivity index (χ1v) is 8.69. The number of hydrogen-bond donors (Lipinski definition) is 0. The topological polar surface area (TPSA) is 69.7 Å². The first kappa shape index (κ1) is 17.6. The number of ketones is 1. The van der Waals surface area contributed by atoms with Crippen LogP contribution in [0.2, 0.25) is 0 Å². The summed E-state index contributed by atoms with van der Waals surface area (Å²) in [6.07, 6.45) is 4.52. The number of carbonyl (C=O) groups excluding carboxylic acids is 3. The van der Waals surface area contributed by atoms with Gasteiger partial charge in [-0.15, -0.1) is 0 Å². The van der Waals surface area contributed by atoms with Gasteiger partial charge in [-0.05, 0) is 33.8 Å². The van der Waals surface area contributed by atoms with Crippen molar-refractivity contribution in [2.24, 2.45) is 17.3 Å². The van der Waals surface area contributed by atoms with E-state index in [2.05, 4.69) is 0 Å². The highest BCUT2D eigenvalue weighted by Crippen LogP contribution is 2.53. The average molecular weight is 344 g/mol. The molecule has 5 unspecified atom stereocenters. The van der Waals surface area contributed by atoms with Crippen LogP contribution in [0.4, 0.5) is 0 Å².